The molecule has 1 aromatic carbocycles. The molecule has 4 aromatic rings. The number of nitrogens with one attached hydrogen (secondary N) is 1. The highest BCUT2D eigenvalue weighted by Gasteiger charge is 2.24. The molecule has 0 atom stereocenters. The molecule has 0 aliphatic rings. The lowest BCUT2D eigenvalue weighted by atomic mass is 10.0. The predicted molar refractivity (Wildman–Crippen MR) is 87.8 cm³/mol. The van der Waals surface area contributed by atoms with E-state index in [1.807, 2.05) is 0 Å². The molecule has 0 spiro atoms. The fourth-order valence-corrected chi connectivity index (χ4v) is 3.86. The van der Waals surface area contributed by atoms with Crippen LogP contribution in [0.25, 0.3) is 22.3 Å². The smallest absolute Gasteiger partial charge is 0.298 e. The summed E-state index contributed by atoms with van der Waals surface area (Å²) in [7, 11) is -2.22. The normalized spacial score (nSPS) is 12.1. The van der Waals surface area contributed by atoms with Crippen molar-refractivity contribution in [1.29, 1.82) is 0 Å². The van der Waals surface area contributed by atoms with E-state index in [4.69, 9.17) is 0 Å². The predicted octanol–water partition coefficient (Wildman–Crippen LogP) is 1.84. The van der Waals surface area contributed by atoms with E-state index in [1.54, 1.807) is 14.0 Å². The minimum atomic E-state index is -3.94. The first-order valence-corrected chi connectivity index (χ1v) is 8.75. The molecule has 0 aliphatic carbocycles. The average Bonchev–Trinajstić information content (AvgIpc) is 3.26. The zero-order valence-electron chi connectivity index (χ0n) is 13.3. The molecule has 0 bridgehead atoms. The second-order valence-electron chi connectivity index (χ2n) is 5.60. The van der Waals surface area contributed by atoms with Crippen LogP contribution in [0.1, 0.15) is 5.56 Å². The molecule has 0 aliphatic heterocycles. The molecule has 3 heterocycles. The van der Waals surface area contributed by atoms with Gasteiger partial charge in [-0.25, -0.2) is 9.37 Å². The number of rotatable bonds is 3. The molecule has 128 valence electrons. The molecule has 0 amide bonds. The minimum Gasteiger partial charge on any atom is -0.342 e. The standard InChI is InChI=1S/C15H13FN6O2S/c1-9-6-11(16)14-10(13(9)15-17-8-21(2)20-15)7-12(19-14)25(23,24)22-5-3-4-18-22/h3-8,19H,1-2H3. The van der Waals surface area contributed by atoms with Crippen LogP contribution in [0.2, 0.25) is 0 Å². The summed E-state index contributed by atoms with van der Waals surface area (Å²) >= 11 is 0. The van der Waals surface area contributed by atoms with Gasteiger partial charge < -0.3 is 4.98 Å². The molecule has 0 unspecified atom stereocenters. The van der Waals surface area contributed by atoms with Gasteiger partial charge in [-0.05, 0) is 30.7 Å². The van der Waals surface area contributed by atoms with E-state index in [0.717, 1.165) is 4.09 Å². The van der Waals surface area contributed by atoms with Crippen LogP contribution in [0.5, 0.6) is 0 Å². The number of aromatic nitrogens is 6. The second kappa shape index (κ2) is 5.24. The molecule has 25 heavy (non-hydrogen) atoms. The van der Waals surface area contributed by atoms with Crippen LogP contribution in [0, 0.1) is 12.7 Å². The van der Waals surface area contributed by atoms with Crippen molar-refractivity contribution >= 4 is 20.9 Å². The van der Waals surface area contributed by atoms with Crippen LogP contribution >= 0.6 is 0 Å². The maximum absolute atomic E-state index is 14.4. The van der Waals surface area contributed by atoms with E-state index >= 15 is 0 Å². The van der Waals surface area contributed by atoms with Crippen LogP contribution < -0.4 is 0 Å². The maximum atomic E-state index is 14.4. The lowest BCUT2D eigenvalue weighted by Gasteiger charge is -2.04. The van der Waals surface area contributed by atoms with Crippen molar-refractivity contribution in [3.05, 3.63) is 48.3 Å². The zero-order valence-corrected chi connectivity index (χ0v) is 14.1. The topological polar surface area (TPSA) is 98.5 Å². The van der Waals surface area contributed by atoms with Crippen LogP contribution in [-0.4, -0.2) is 37.4 Å². The van der Waals surface area contributed by atoms with Crippen molar-refractivity contribution in [2.45, 2.75) is 11.9 Å². The molecule has 8 nitrogen and oxygen atoms in total. The van der Waals surface area contributed by atoms with Crippen molar-refractivity contribution in [3.8, 4) is 11.4 Å². The number of fused-ring (bicyclic) bond motifs is 1. The van der Waals surface area contributed by atoms with Crippen LogP contribution in [-0.2, 0) is 17.1 Å². The van der Waals surface area contributed by atoms with E-state index < -0.39 is 15.8 Å². The highest BCUT2D eigenvalue weighted by molar-refractivity contribution is 7.89. The molecular weight excluding hydrogens is 347 g/mol. The third kappa shape index (κ3) is 2.33. The van der Waals surface area contributed by atoms with Gasteiger partial charge in [0.25, 0.3) is 10.0 Å². The molecule has 4 rings (SSSR count). The van der Waals surface area contributed by atoms with Gasteiger partial charge in [-0.15, -0.1) is 0 Å². The van der Waals surface area contributed by atoms with Gasteiger partial charge in [0.15, 0.2) is 10.9 Å². The number of aromatic amines is 1. The lowest BCUT2D eigenvalue weighted by Crippen LogP contribution is -2.13. The highest BCUT2D eigenvalue weighted by atomic mass is 32.2. The first-order chi connectivity index (χ1) is 11.9. The Morgan fingerprint density at radius 3 is 2.72 bits per heavy atom. The summed E-state index contributed by atoms with van der Waals surface area (Å²) in [5.41, 5.74) is 1.27. The van der Waals surface area contributed by atoms with Crippen molar-refractivity contribution in [1.82, 2.24) is 28.9 Å². The molecule has 10 heteroatoms. The molecule has 3 aromatic heterocycles. The third-order valence-electron chi connectivity index (χ3n) is 3.87. The summed E-state index contributed by atoms with van der Waals surface area (Å²) in [6, 6.07) is 4.21. The van der Waals surface area contributed by atoms with Crippen LogP contribution in [0.4, 0.5) is 4.39 Å². The Morgan fingerprint density at radius 2 is 2.08 bits per heavy atom. The lowest BCUT2D eigenvalue weighted by molar-refractivity contribution is 0.577. The van der Waals surface area contributed by atoms with Crippen molar-refractivity contribution in [2.24, 2.45) is 7.05 Å². The molecule has 0 fully saturated rings. The van der Waals surface area contributed by atoms with Gasteiger partial charge in [-0.3, -0.25) is 4.68 Å². The number of benzene rings is 1. The summed E-state index contributed by atoms with van der Waals surface area (Å²) in [6.07, 6.45) is 4.19. The van der Waals surface area contributed by atoms with E-state index in [-0.39, 0.29) is 10.5 Å². The zero-order chi connectivity index (χ0) is 17.8. The quantitative estimate of drug-likeness (QED) is 0.601. The number of hydrogen-bond donors (Lipinski definition) is 1. The van der Waals surface area contributed by atoms with Crippen LogP contribution in [0.15, 0.2) is 41.9 Å². The summed E-state index contributed by atoms with van der Waals surface area (Å²) in [4.78, 5) is 6.85. The van der Waals surface area contributed by atoms with Gasteiger partial charge in [0.1, 0.15) is 12.1 Å². The SMILES string of the molecule is Cc1cc(F)c2[nH]c(S(=O)(=O)n3cccn3)cc2c1-c1ncn(C)n1. The van der Waals surface area contributed by atoms with Gasteiger partial charge in [-0.2, -0.15) is 22.7 Å². The number of hydrogen-bond acceptors (Lipinski definition) is 5. The minimum absolute atomic E-state index is 0.0822. The number of aryl methyl sites for hydroxylation is 2. The fourth-order valence-electron chi connectivity index (χ4n) is 2.75. The largest absolute Gasteiger partial charge is 0.342 e. The molecule has 1 N–H and O–H groups in total. The van der Waals surface area contributed by atoms with Crippen molar-refractivity contribution in [3.63, 3.8) is 0 Å². The van der Waals surface area contributed by atoms with Gasteiger partial charge in [0, 0.05) is 24.2 Å². The summed E-state index contributed by atoms with van der Waals surface area (Å²) in [5, 5.41) is 8.23. The number of H-pyrrole nitrogens is 1. The monoisotopic (exact) mass is 360 g/mol. The fraction of sp³-hybridized carbons (Fsp3) is 0.133. The Bertz CT molecular complexity index is 1190. The van der Waals surface area contributed by atoms with Gasteiger partial charge in [0.05, 0.1) is 11.7 Å². The van der Waals surface area contributed by atoms with Gasteiger partial charge in [-0.1, -0.05) is 0 Å². The Labute approximate surface area is 142 Å². The van der Waals surface area contributed by atoms with Crippen molar-refractivity contribution in [2.75, 3.05) is 0 Å². The van der Waals surface area contributed by atoms with Gasteiger partial charge in [0.2, 0.25) is 0 Å². The number of halogens is 1. The Morgan fingerprint density at radius 1 is 1.28 bits per heavy atom. The first kappa shape index (κ1) is 15.5. The molecule has 0 saturated carbocycles. The first-order valence-electron chi connectivity index (χ1n) is 7.31. The van der Waals surface area contributed by atoms with E-state index in [0.29, 0.717) is 22.3 Å². The Kier molecular flexibility index (Phi) is 3.25. The third-order valence-corrected chi connectivity index (χ3v) is 5.35. The van der Waals surface area contributed by atoms with Crippen LogP contribution in [0.3, 0.4) is 0 Å². The molecule has 0 saturated heterocycles. The van der Waals surface area contributed by atoms with E-state index in [1.165, 1.54) is 41.6 Å². The summed E-state index contributed by atoms with van der Waals surface area (Å²) in [6.45, 7) is 1.73. The molecular formula is C15H13FN6O2S. The number of nitrogens with zero attached hydrogens (tertiary/aromatic N) is 5. The Balaban J connectivity index is 2.02. The average molecular weight is 360 g/mol. The summed E-state index contributed by atoms with van der Waals surface area (Å²) < 4.78 is 42.0. The summed E-state index contributed by atoms with van der Waals surface area (Å²) in [5.74, 6) is -0.152. The van der Waals surface area contributed by atoms with E-state index in [2.05, 4.69) is 20.2 Å². The van der Waals surface area contributed by atoms with Gasteiger partial charge >= 0.3 is 0 Å². The second-order valence-corrected chi connectivity index (χ2v) is 7.36. The highest BCUT2D eigenvalue weighted by Crippen LogP contribution is 2.33. The Hall–Kier alpha value is -3.01. The maximum Gasteiger partial charge on any atom is 0.298 e. The van der Waals surface area contributed by atoms with Crippen molar-refractivity contribution < 1.29 is 12.8 Å². The van der Waals surface area contributed by atoms with E-state index in [9.17, 15) is 12.8 Å². The molecule has 0 radical (unpaired) electrons.